The van der Waals surface area contributed by atoms with E-state index in [1.165, 1.54) is 6.20 Å². The summed E-state index contributed by atoms with van der Waals surface area (Å²) in [5, 5.41) is 1.14. The molecule has 0 bridgehead atoms. The fraction of sp³-hybridized carbons (Fsp3) is 0.417. The van der Waals surface area contributed by atoms with Crippen LogP contribution in [0.15, 0.2) is 47.5 Å². The van der Waals surface area contributed by atoms with Gasteiger partial charge in [-0.05, 0) is 43.3 Å². The minimum Gasteiger partial charge on any atom is -0.493 e. The van der Waals surface area contributed by atoms with Crippen LogP contribution in [0.3, 0.4) is 0 Å². The van der Waals surface area contributed by atoms with Gasteiger partial charge in [0.05, 0.1) is 27.1 Å². The van der Waals surface area contributed by atoms with Gasteiger partial charge < -0.3 is 9.16 Å². The Morgan fingerprint density at radius 1 is 1.03 bits per heavy atom. The highest BCUT2D eigenvalue weighted by molar-refractivity contribution is 7.90. The van der Waals surface area contributed by atoms with Crippen LogP contribution in [0, 0.1) is 6.92 Å². The van der Waals surface area contributed by atoms with Gasteiger partial charge in [0, 0.05) is 30.7 Å². The molecule has 9 heteroatoms. The molecule has 0 amide bonds. The maximum Gasteiger partial charge on any atom is 0.268 e. The molecule has 0 aliphatic heterocycles. The first-order valence-electron chi connectivity index (χ1n) is 10.8. The minimum absolute atomic E-state index is 0.148. The van der Waals surface area contributed by atoms with Crippen LogP contribution in [-0.2, 0) is 14.4 Å². The van der Waals surface area contributed by atoms with E-state index in [1.807, 2.05) is 6.92 Å². The van der Waals surface area contributed by atoms with Crippen LogP contribution in [-0.4, -0.2) is 33.9 Å². The van der Waals surface area contributed by atoms with E-state index in [0.29, 0.717) is 36.3 Å². The predicted octanol–water partition coefficient (Wildman–Crippen LogP) is 7.28. The Labute approximate surface area is 207 Å². The quantitative estimate of drug-likeness (QED) is 0.228. The number of nitrogens with zero attached hydrogens (tertiary/aromatic N) is 1. The van der Waals surface area contributed by atoms with Crippen LogP contribution in [0.25, 0.3) is 10.9 Å². The van der Waals surface area contributed by atoms with Crippen LogP contribution >= 0.6 is 23.2 Å². The smallest absolute Gasteiger partial charge is 0.268 e. The lowest BCUT2D eigenvalue weighted by molar-refractivity contribution is 0.235. The third-order valence-corrected chi connectivity index (χ3v) is 13.2. The molecule has 0 radical (unpaired) electrons. The molecule has 0 N–H and O–H groups in total. The van der Waals surface area contributed by atoms with Gasteiger partial charge in [0.1, 0.15) is 5.75 Å². The summed E-state index contributed by atoms with van der Waals surface area (Å²) in [6.45, 7) is 14.0. The van der Waals surface area contributed by atoms with Gasteiger partial charge in [0.25, 0.3) is 10.0 Å². The van der Waals surface area contributed by atoms with Crippen molar-refractivity contribution in [2.45, 2.75) is 57.1 Å². The molecule has 0 aliphatic rings. The van der Waals surface area contributed by atoms with Crippen molar-refractivity contribution in [2.75, 3.05) is 13.2 Å². The standard InChI is InChI=1S/C24H31Cl2NO4SSi/c1-17-8-10-18(11-9-17)32(28,29)27-13-12-19-21(16-20(25)22(26)23(19)27)30-14-7-15-31-33(5,6)24(2,3)4/h8-13,16H,7,14-15H2,1-6H3. The highest BCUT2D eigenvalue weighted by Gasteiger charge is 2.36. The van der Waals surface area contributed by atoms with Crippen LogP contribution in [0.5, 0.6) is 5.75 Å². The zero-order valence-electron chi connectivity index (χ0n) is 19.9. The zero-order valence-corrected chi connectivity index (χ0v) is 23.2. The summed E-state index contributed by atoms with van der Waals surface area (Å²) in [5.74, 6) is 0.490. The van der Waals surface area contributed by atoms with Crippen molar-refractivity contribution < 1.29 is 17.6 Å². The average Bonchev–Trinajstić information content (AvgIpc) is 3.17. The van der Waals surface area contributed by atoms with Gasteiger partial charge in [-0.25, -0.2) is 12.4 Å². The van der Waals surface area contributed by atoms with Crippen LogP contribution < -0.4 is 4.74 Å². The van der Waals surface area contributed by atoms with Crippen molar-refractivity contribution in [3.8, 4) is 5.75 Å². The molecule has 0 fully saturated rings. The number of aromatic nitrogens is 1. The van der Waals surface area contributed by atoms with Crippen LogP contribution in [0.2, 0.25) is 28.2 Å². The molecule has 0 spiro atoms. The normalized spacial score (nSPS) is 13.0. The van der Waals surface area contributed by atoms with E-state index in [2.05, 4.69) is 33.9 Å². The van der Waals surface area contributed by atoms with Gasteiger partial charge in [-0.1, -0.05) is 61.7 Å². The Balaban J connectivity index is 1.84. The fourth-order valence-electron chi connectivity index (χ4n) is 3.13. The van der Waals surface area contributed by atoms with Gasteiger partial charge in [-0.3, -0.25) is 0 Å². The molecule has 3 rings (SSSR count). The van der Waals surface area contributed by atoms with Crippen LogP contribution in [0.1, 0.15) is 32.8 Å². The maximum atomic E-state index is 13.3. The number of aryl methyl sites for hydroxylation is 1. The molecule has 0 saturated carbocycles. The SMILES string of the molecule is Cc1ccc(S(=O)(=O)n2ccc3c(OCCCO[Si](C)(C)C(C)(C)C)cc(Cl)c(Cl)c32)cc1. The van der Waals surface area contributed by atoms with E-state index in [4.69, 9.17) is 32.4 Å². The first kappa shape index (κ1) is 26.1. The Bertz CT molecular complexity index is 1250. The lowest BCUT2D eigenvalue weighted by atomic mass is 10.2. The van der Waals surface area contributed by atoms with E-state index in [0.717, 1.165) is 9.54 Å². The molecule has 1 heterocycles. The minimum atomic E-state index is -3.85. The topological polar surface area (TPSA) is 57.5 Å². The molecule has 0 aliphatic carbocycles. The summed E-state index contributed by atoms with van der Waals surface area (Å²) in [6.07, 6.45) is 2.19. The van der Waals surface area contributed by atoms with E-state index in [-0.39, 0.29) is 20.0 Å². The molecule has 5 nitrogen and oxygen atoms in total. The molecule has 2 aromatic carbocycles. The van der Waals surface area contributed by atoms with Crippen molar-refractivity contribution in [3.63, 3.8) is 0 Å². The van der Waals surface area contributed by atoms with Crippen molar-refractivity contribution >= 4 is 52.4 Å². The third kappa shape index (κ3) is 5.43. The summed E-state index contributed by atoms with van der Waals surface area (Å²) < 4.78 is 39.9. The van der Waals surface area contributed by atoms with Gasteiger partial charge in [-0.15, -0.1) is 0 Å². The number of hydrogen-bond acceptors (Lipinski definition) is 4. The summed E-state index contributed by atoms with van der Waals surface area (Å²) in [6, 6.07) is 9.99. The van der Waals surface area contributed by atoms with Crippen molar-refractivity contribution in [2.24, 2.45) is 0 Å². The summed E-state index contributed by atoms with van der Waals surface area (Å²) in [5.41, 5.74) is 1.28. The molecule has 33 heavy (non-hydrogen) atoms. The average molecular weight is 529 g/mol. The van der Waals surface area contributed by atoms with Gasteiger partial charge >= 0.3 is 0 Å². The molecule has 3 aromatic rings. The second-order valence-corrected chi connectivity index (χ2v) is 17.1. The Morgan fingerprint density at radius 3 is 2.27 bits per heavy atom. The van der Waals surface area contributed by atoms with Crippen molar-refractivity contribution in [1.82, 2.24) is 3.97 Å². The van der Waals surface area contributed by atoms with Gasteiger partial charge in [-0.2, -0.15) is 0 Å². The van der Waals surface area contributed by atoms with Crippen LogP contribution in [0.4, 0.5) is 0 Å². The lowest BCUT2D eigenvalue weighted by Crippen LogP contribution is -2.41. The highest BCUT2D eigenvalue weighted by atomic mass is 35.5. The fourth-order valence-corrected chi connectivity index (χ4v) is 6.06. The predicted molar refractivity (Wildman–Crippen MR) is 139 cm³/mol. The van der Waals surface area contributed by atoms with E-state index < -0.39 is 18.3 Å². The highest BCUT2D eigenvalue weighted by Crippen LogP contribution is 2.40. The summed E-state index contributed by atoms with van der Waals surface area (Å²) in [7, 11) is -5.66. The Kier molecular flexibility index (Phi) is 7.61. The second-order valence-electron chi connectivity index (χ2n) is 9.67. The maximum absolute atomic E-state index is 13.3. The zero-order chi connectivity index (χ0) is 24.6. The molecule has 180 valence electrons. The number of hydrogen-bond donors (Lipinski definition) is 0. The molecule has 1 aromatic heterocycles. The first-order valence-corrected chi connectivity index (χ1v) is 15.9. The monoisotopic (exact) mass is 527 g/mol. The van der Waals surface area contributed by atoms with Crippen molar-refractivity contribution in [1.29, 1.82) is 0 Å². The third-order valence-electron chi connectivity index (χ3n) is 6.19. The van der Waals surface area contributed by atoms with E-state index >= 15 is 0 Å². The number of fused-ring (bicyclic) bond motifs is 1. The second kappa shape index (κ2) is 9.62. The van der Waals surface area contributed by atoms with Crippen molar-refractivity contribution in [3.05, 3.63) is 58.2 Å². The number of rotatable bonds is 8. The molecule has 0 saturated heterocycles. The molecular weight excluding hydrogens is 497 g/mol. The Morgan fingerprint density at radius 2 is 1.67 bits per heavy atom. The summed E-state index contributed by atoms with van der Waals surface area (Å²) in [4.78, 5) is 0.173. The first-order chi connectivity index (χ1) is 15.3. The summed E-state index contributed by atoms with van der Waals surface area (Å²) >= 11 is 12.8. The molecule has 0 atom stereocenters. The number of benzene rings is 2. The van der Waals surface area contributed by atoms with Gasteiger partial charge in [0.15, 0.2) is 8.32 Å². The van der Waals surface area contributed by atoms with E-state index in [1.54, 1.807) is 36.4 Å². The Hall–Kier alpha value is -1.51. The van der Waals surface area contributed by atoms with Gasteiger partial charge in [0.2, 0.25) is 0 Å². The number of halogens is 2. The molecular formula is C24H31Cl2NO4SSi. The molecule has 0 unspecified atom stereocenters. The number of ether oxygens (including phenoxy) is 1. The lowest BCUT2D eigenvalue weighted by Gasteiger charge is -2.36. The van der Waals surface area contributed by atoms with E-state index in [9.17, 15) is 8.42 Å². The largest absolute Gasteiger partial charge is 0.493 e.